The molecule has 68 valence electrons. The molecule has 0 aromatic heterocycles. The minimum Gasteiger partial charge on any atom is -0.304 e. The summed E-state index contributed by atoms with van der Waals surface area (Å²) in [5, 5.41) is 2.45. The first kappa shape index (κ1) is 11.0. The van der Waals surface area contributed by atoms with Gasteiger partial charge >= 0.3 is 6.18 Å². The number of halogens is 4. The van der Waals surface area contributed by atoms with E-state index in [2.05, 4.69) is 5.32 Å². The van der Waals surface area contributed by atoms with Crippen LogP contribution in [-0.2, 0) is 0 Å². The number of hydrogen-bond acceptors (Lipinski definition) is 1. The van der Waals surface area contributed by atoms with Crippen molar-refractivity contribution in [3.05, 3.63) is 0 Å². The van der Waals surface area contributed by atoms with Gasteiger partial charge in [-0.05, 0) is 26.3 Å². The van der Waals surface area contributed by atoms with Crippen molar-refractivity contribution in [1.29, 1.82) is 0 Å². The molecule has 0 bridgehead atoms. The third kappa shape index (κ3) is 1.99. The van der Waals surface area contributed by atoms with Crippen LogP contribution >= 0.6 is 12.4 Å². The van der Waals surface area contributed by atoms with Crippen molar-refractivity contribution in [2.75, 3.05) is 6.54 Å². The van der Waals surface area contributed by atoms with Gasteiger partial charge in [0, 0.05) is 0 Å². The fraction of sp³-hybridized carbons (Fsp3) is 1.00. The fourth-order valence-corrected chi connectivity index (χ4v) is 1.14. The summed E-state index contributed by atoms with van der Waals surface area (Å²) in [6.45, 7) is 1.69. The molecule has 0 aliphatic carbocycles. The quantitative estimate of drug-likeness (QED) is 0.616. The Morgan fingerprint density at radius 2 is 1.91 bits per heavy atom. The highest BCUT2D eigenvalue weighted by Crippen LogP contribution is 2.36. The van der Waals surface area contributed by atoms with Crippen molar-refractivity contribution in [2.24, 2.45) is 0 Å². The van der Waals surface area contributed by atoms with Gasteiger partial charge in [0.25, 0.3) is 0 Å². The zero-order chi connectivity index (χ0) is 7.83. The van der Waals surface area contributed by atoms with Crippen LogP contribution in [0.3, 0.4) is 0 Å². The van der Waals surface area contributed by atoms with E-state index < -0.39 is 11.7 Å². The maximum Gasteiger partial charge on any atom is 0.406 e. The van der Waals surface area contributed by atoms with Crippen molar-refractivity contribution >= 4 is 12.4 Å². The lowest BCUT2D eigenvalue weighted by molar-refractivity contribution is -0.186. The molecule has 0 aromatic carbocycles. The summed E-state index contributed by atoms with van der Waals surface area (Å²) in [6.07, 6.45) is -3.27. The Kier molecular flexibility index (Phi) is 3.20. The predicted molar refractivity (Wildman–Crippen MR) is 38.9 cm³/mol. The van der Waals surface area contributed by atoms with Gasteiger partial charge in [-0.15, -0.1) is 12.4 Å². The third-order valence-electron chi connectivity index (χ3n) is 1.99. The van der Waals surface area contributed by atoms with Crippen molar-refractivity contribution in [3.8, 4) is 0 Å². The van der Waals surface area contributed by atoms with Crippen LogP contribution in [0.1, 0.15) is 19.8 Å². The zero-order valence-electron chi connectivity index (χ0n) is 6.16. The third-order valence-corrected chi connectivity index (χ3v) is 1.99. The maximum atomic E-state index is 12.1. The number of nitrogens with one attached hydrogen (secondary N) is 1. The molecule has 1 aliphatic heterocycles. The summed E-state index contributed by atoms with van der Waals surface area (Å²) in [5.41, 5.74) is -1.62. The highest BCUT2D eigenvalue weighted by atomic mass is 35.5. The van der Waals surface area contributed by atoms with Gasteiger partial charge in [-0.1, -0.05) is 0 Å². The molecule has 1 saturated heterocycles. The normalized spacial score (nSPS) is 31.6. The summed E-state index contributed by atoms with van der Waals surface area (Å²) in [4.78, 5) is 0. The van der Waals surface area contributed by atoms with Gasteiger partial charge in [0.2, 0.25) is 0 Å². The van der Waals surface area contributed by atoms with Crippen LogP contribution in [0.4, 0.5) is 13.2 Å². The molecular formula is C6H11ClF3N. The van der Waals surface area contributed by atoms with Crippen LogP contribution in [0, 0.1) is 0 Å². The molecule has 1 N–H and O–H groups in total. The molecular weight excluding hydrogens is 179 g/mol. The van der Waals surface area contributed by atoms with Crippen molar-refractivity contribution < 1.29 is 13.2 Å². The Hall–Kier alpha value is 0.0400. The van der Waals surface area contributed by atoms with E-state index in [0.717, 1.165) is 0 Å². The van der Waals surface area contributed by atoms with Crippen molar-refractivity contribution in [2.45, 2.75) is 31.5 Å². The molecule has 0 spiro atoms. The first-order chi connectivity index (χ1) is 4.46. The molecule has 0 radical (unpaired) electrons. The summed E-state index contributed by atoms with van der Waals surface area (Å²) in [7, 11) is 0. The zero-order valence-corrected chi connectivity index (χ0v) is 6.98. The standard InChI is InChI=1S/C6H10F3N.ClH/c1-5(6(7,8)9)3-2-4-10-5;/h10H,2-4H2,1H3;1H. The van der Waals surface area contributed by atoms with Gasteiger partial charge < -0.3 is 5.32 Å². The summed E-state index contributed by atoms with van der Waals surface area (Å²) >= 11 is 0. The van der Waals surface area contributed by atoms with E-state index in [9.17, 15) is 13.2 Å². The van der Waals surface area contributed by atoms with E-state index in [1.54, 1.807) is 0 Å². The number of hydrogen-bond donors (Lipinski definition) is 1. The minimum atomic E-state index is -4.09. The highest BCUT2D eigenvalue weighted by molar-refractivity contribution is 5.85. The average molecular weight is 190 g/mol. The van der Waals surface area contributed by atoms with Crippen molar-refractivity contribution in [1.82, 2.24) is 5.32 Å². The second-order valence-corrected chi connectivity index (χ2v) is 2.86. The van der Waals surface area contributed by atoms with Gasteiger partial charge in [-0.25, -0.2) is 0 Å². The Labute approximate surface area is 69.8 Å². The minimum absolute atomic E-state index is 0. The average Bonchev–Trinajstić information content (AvgIpc) is 2.13. The second kappa shape index (κ2) is 3.19. The molecule has 0 aromatic rings. The van der Waals surface area contributed by atoms with Crippen LogP contribution < -0.4 is 5.32 Å². The largest absolute Gasteiger partial charge is 0.406 e. The molecule has 1 atom stereocenters. The number of alkyl halides is 3. The fourth-order valence-electron chi connectivity index (χ4n) is 1.14. The first-order valence-corrected chi connectivity index (χ1v) is 3.27. The predicted octanol–water partition coefficient (Wildman–Crippen LogP) is 2.11. The first-order valence-electron chi connectivity index (χ1n) is 3.27. The van der Waals surface area contributed by atoms with Crippen LogP contribution in [0.25, 0.3) is 0 Å². The Bertz CT molecular complexity index is 128. The molecule has 0 amide bonds. The molecule has 1 unspecified atom stereocenters. The van der Waals surface area contributed by atoms with Crippen LogP contribution in [-0.4, -0.2) is 18.3 Å². The van der Waals surface area contributed by atoms with Crippen LogP contribution in [0.5, 0.6) is 0 Å². The van der Waals surface area contributed by atoms with Gasteiger partial charge in [-0.3, -0.25) is 0 Å². The molecule has 1 nitrogen and oxygen atoms in total. The lowest BCUT2D eigenvalue weighted by atomic mass is 10.0. The van der Waals surface area contributed by atoms with Crippen LogP contribution in [0.2, 0.25) is 0 Å². The molecule has 11 heavy (non-hydrogen) atoms. The lowest BCUT2D eigenvalue weighted by Crippen LogP contribution is -2.50. The van der Waals surface area contributed by atoms with Gasteiger partial charge in [-0.2, -0.15) is 13.2 Å². The SMILES string of the molecule is CC1(C(F)(F)F)CCCN1.Cl. The molecule has 1 fully saturated rings. The van der Waals surface area contributed by atoms with E-state index in [1.807, 2.05) is 0 Å². The highest BCUT2D eigenvalue weighted by Gasteiger charge is 2.52. The van der Waals surface area contributed by atoms with E-state index in [1.165, 1.54) is 6.92 Å². The van der Waals surface area contributed by atoms with E-state index in [0.29, 0.717) is 13.0 Å². The van der Waals surface area contributed by atoms with Gasteiger partial charge in [0.05, 0.1) is 0 Å². The Morgan fingerprint density at radius 1 is 1.36 bits per heavy atom. The monoisotopic (exact) mass is 189 g/mol. The van der Waals surface area contributed by atoms with Crippen molar-refractivity contribution in [3.63, 3.8) is 0 Å². The van der Waals surface area contributed by atoms with E-state index in [4.69, 9.17) is 0 Å². The lowest BCUT2D eigenvalue weighted by Gasteiger charge is -2.26. The topological polar surface area (TPSA) is 12.0 Å². The van der Waals surface area contributed by atoms with E-state index in [-0.39, 0.29) is 18.8 Å². The Balaban J connectivity index is 0.000001000. The molecule has 0 saturated carbocycles. The second-order valence-electron chi connectivity index (χ2n) is 2.86. The molecule has 1 aliphatic rings. The van der Waals surface area contributed by atoms with Gasteiger partial charge in [0.1, 0.15) is 5.54 Å². The Morgan fingerprint density at radius 3 is 2.09 bits per heavy atom. The molecule has 1 heterocycles. The summed E-state index contributed by atoms with van der Waals surface area (Å²) in [6, 6.07) is 0. The maximum absolute atomic E-state index is 12.1. The molecule has 1 rings (SSSR count). The smallest absolute Gasteiger partial charge is 0.304 e. The van der Waals surface area contributed by atoms with E-state index >= 15 is 0 Å². The summed E-state index contributed by atoms with van der Waals surface area (Å²) in [5.74, 6) is 0. The van der Waals surface area contributed by atoms with Crippen LogP contribution in [0.15, 0.2) is 0 Å². The summed E-state index contributed by atoms with van der Waals surface area (Å²) < 4.78 is 36.2. The van der Waals surface area contributed by atoms with Gasteiger partial charge in [0.15, 0.2) is 0 Å². The number of rotatable bonds is 0. The molecule has 5 heteroatoms.